The van der Waals surface area contributed by atoms with Crippen LogP contribution in [0, 0.1) is 0 Å². The minimum absolute atomic E-state index is 0.0335. The number of amides is 5. The van der Waals surface area contributed by atoms with Crippen LogP contribution in [0.15, 0.2) is 132 Å². The van der Waals surface area contributed by atoms with E-state index in [1.165, 1.54) is 22.7 Å². The standard InChI is InChI=1S/C56H59N5O9S2/c62-51(63)27-2-1-12-28-57-52(64)48(59-54(66)50(33-37-17-15-31-72-37)61-56(68)70-35-47-44-24-9-5-20-40(44)41-21-6-10-25-45(41)47)26-11-13-29-58-53(65)49(32-36-16-14-30-71-36)60-55(67)69-34-46-42-22-7-3-18-38(42)39-19-4-8-23-43(39)46/h3-10,14-25,30-31,46-50H,1-2,11-13,26-29,32-35H2,(H,57,64)(H,58,65)(H,59,66)(H,60,67)(H,61,68)(H,62,63). The Labute approximate surface area is 426 Å². The molecule has 4 aromatic carbocycles. The van der Waals surface area contributed by atoms with E-state index in [0.717, 1.165) is 54.3 Å². The Hall–Kier alpha value is -7.30. The molecule has 2 aromatic heterocycles. The fourth-order valence-electron chi connectivity index (χ4n) is 9.51. The van der Waals surface area contributed by atoms with Gasteiger partial charge >= 0.3 is 18.2 Å². The molecule has 374 valence electrons. The molecule has 14 nitrogen and oxygen atoms in total. The van der Waals surface area contributed by atoms with Crippen LogP contribution in [0.2, 0.25) is 0 Å². The number of hydrogen-bond donors (Lipinski definition) is 6. The number of carbonyl (C=O) groups excluding carboxylic acids is 5. The molecular formula is C56H59N5O9S2. The SMILES string of the molecule is O=C(O)CCCCCNC(=O)C(CCCCNC(=O)C(Cc1cccs1)NC(=O)OCC1c2ccccc2-c2ccccc21)NC(=O)C(Cc1cccs1)NC(=O)OCC1c2ccccc2-c2ccccc21. The third-order valence-corrected chi connectivity index (χ3v) is 14.9. The molecule has 3 atom stereocenters. The molecule has 3 unspecified atom stereocenters. The Bertz CT molecular complexity index is 2730. The van der Waals surface area contributed by atoms with E-state index < -0.39 is 54.0 Å². The van der Waals surface area contributed by atoms with E-state index in [2.05, 4.69) is 50.8 Å². The highest BCUT2D eigenvalue weighted by atomic mass is 32.1. The number of hydrogen-bond acceptors (Lipinski definition) is 10. The van der Waals surface area contributed by atoms with E-state index in [-0.39, 0.29) is 63.8 Å². The van der Waals surface area contributed by atoms with Crippen molar-refractivity contribution < 1.29 is 43.3 Å². The Kier molecular flexibility index (Phi) is 17.9. The summed E-state index contributed by atoms with van der Waals surface area (Å²) in [5.41, 5.74) is 8.66. The number of carboxylic acids is 1. The molecule has 2 aliphatic rings. The summed E-state index contributed by atoms with van der Waals surface area (Å²) in [6.45, 7) is 0.660. The Morgan fingerprint density at radius 3 is 1.32 bits per heavy atom. The number of aliphatic carboxylic acids is 1. The second kappa shape index (κ2) is 25.2. The molecule has 0 bridgehead atoms. The first-order valence-electron chi connectivity index (χ1n) is 24.5. The number of benzene rings is 4. The van der Waals surface area contributed by atoms with Crippen LogP contribution in [0.4, 0.5) is 9.59 Å². The van der Waals surface area contributed by atoms with Gasteiger partial charge < -0.3 is 41.2 Å². The Morgan fingerprint density at radius 1 is 0.472 bits per heavy atom. The van der Waals surface area contributed by atoms with Gasteiger partial charge in [-0.2, -0.15) is 0 Å². The first-order chi connectivity index (χ1) is 35.1. The maximum absolute atomic E-state index is 14.2. The Morgan fingerprint density at radius 2 is 0.889 bits per heavy atom. The molecule has 6 aromatic rings. The summed E-state index contributed by atoms with van der Waals surface area (Å²) in [5.74, 6) is -2.59. The van der Waals surface area contributed by atoms with Crippen LogP contribution in [0.25, 0.3) is 22.3 Å². The highest BCUT2D eigenvalue weighted by molar-refractivity contribution is 7.10. The first kappa shape index (κ1) is 51.1. The first-order valence-corrected chi connectivity index (χ1v) is 26.2. The van der Waals surface area contributed by atoms with Gasteiger partial charge in [-0.25, -0.2) is 9.59 Å². The van der Waals surface area contributed by atoms with E-state index in [1.54, 1.807) is 0 Å². The molecule has 0 saturated heterocycles. The van der Waals surface area contributed by atoms with Crippen LogP contribution >= 0.6 is 22.7 Å². The lowest BCUT2D eigenvalue weighted by molar-refractivity contribution is -0.137. The highest BCUT2D eigenvalue weighted by Gasteiger charge is 2.33. The van der Waals surface area contributed by atoms with Crippen molar-refractivity contribution in [1.29, 1.82) is 0 Å². The number of unbranched alkanes of at least 4 members (excludes halogenated alkanes) is 3. The molecule has 0 fully saturated rings. The highest BCUT2D eigenvalue weighted by Crippen LogP contribution is 2.45. The molecule has 5 amide bonds. The number of thiophene rings is 2. The summed E-state index contributed by atoms with van der Waals surface area (Å²) in [6.07, 6.45) is 1.67. The van der Waals surface area contributed by atoms with E-state index in [1.807, 2.05) is 108 Å². The molecule has 8 rings (SSSR count). The molecule has 2 aliphatic carbocycles. The molecular weight excluding hydrogens is 951 g/mol. The van der Waals surface area contributed by atoms with Gasteiger partial charge in [-0.3, -0.25) is 19.2 Å². The predicted molar refractivity (Wildman–Crippen MR) is 278 cm³/mol. The lowest BCUT2D eigenvalue weighted by Gasteiger charge is -2.23. The van der Waals surface area contributed by atoms with Crippen LogP contribution in [0.1, 0.15) is 88.8 Å². The molecule has 16 heteroatoms. The molecule has 0 spiro atoms. The van der Waals surface area contributed by atoms with Crippen LogP contribution in [-0.2, 0) is 41.5 Å². The van der Waals surface area contributed by atoms with Crippen molar-refractivity contribution in [3.63, 3.8) is 0 Å². The van der Waals surface area contributed by atoms with E-state index in [4.69, 9.17) is 14.6 Å². The fourth-order valence-corrected chi connectivity index (χ4v) is 11.0. The minimum atomic E-state index is -1.07. The Balaban J connectivity index is 0.867. The van der Waals surface area contributed by atoms with Crippen molar-refractivity contribution in [1.82, 2.24) is 26.6 Å². The van der Waals surface area contributed by atoms with Crippen LogP contribution < -0.4 is 26.6 Å². The maximum atomic E-state index is 14.2. The summed E-state index contributed by atoms with van der Waals surface area (Å²) in [6, 6.07) is 36.7. The zero-order valence-electron chi connectivity index (χ0n) is 39.8. The number of alkyl carbamates (subject to hydrolysis) is 2. The van der Waals surface area contributed by atoms with Gasteiger partial charge in [0.2, 0.25) is 17.7 Å². The van der Waals surface area contributed by atoms with Gasteiger partial charge in [-0.15, -0.1) is 22.7 Å². The van der Waals surface area contributed by atoms with Gasteiger partial charge in [0.1, 0.15) is 31.3 Å². The normalized spacial score (nSPS) is 13.6. The third kappa shape index (κ3) is 13.4. The van der Waals surface area contributed by atoms with Crippen molar-refractivity contribution in [3.8, 4) is 22.3 Å². The number of rotatable bonds is 25. The monoisotopic (exact) mass is 1010 g/mol. The molecule has 0 aliphatic heterocycles. The van der Waals surface area contributed by atoms with E-state index in [9.17, 15) is 28.8 Å². The summed E-state index contributed by atoms with van der Waals surface area (Å²) in [4.78, 5) is 81.3. The van der Waals surface area contributed by atoms with Crippen molar-refractivity contribution in [2.75, 3.05) is 26.3 Å². The van der Waals surface area contributed by atoms with Crippen molar-refractivity contribution in [2.24, 2.45) is 0 Å². The van der Waals surface area contributed by atoms with Gasteiger partial charge in [0.25, 0.3) is 0 Å². The van der Waals surface area contributed by atoms with Gasteiger partial charge in [0, 0.05) is 53.9 Å². The van der Waals surface area contributed by atoms with E-state index in [0.29, 0.717) is 32.1 Å². The zero-order chi connectivity index (χ0) is 50.2. The summed E-state index contributed by atoms with van der Waals surface area (Å²) >= 11 is 2.91. The second-order valence-electron chi connectivity index (χ2n) is 18.0. The largest absolute Gasteiger partial charge is 0.481 e. The average molecular weight is 1010 g/mol. The van der Waals surface area contributed by atoms with Crippen LogP contribution in [0.5, 0.6) is 0 Å². The van der Waals surface area contributed by atoms with Crippen LogP contribution in [-0.4, -0.2) is 85.4 Å². The van der Waals surface area contributed by atoms with Crippen molar-refractivity contribution >= 4 is 58.6 Å². The number of carboxylic acid groups (broad SMARTS) is 1. The maximum Gasteiger partial charge on any atom is 0.407 e. The summed E-state index contributed by atoms with van der Waals surface area (Å²) < 4.78 is 11.6. The van der Waals surface area contributed by atoms with Crippen molar-refractivity contribution in [3.05, 3.63) is 164 Å². The molecule has 6 N–H and O–H groups in total. The predicted octanol–water partition coefficient (Wildman–Crippen LogP) is 8.94. The second-order valence-corrected chi connectivity index (χ2v) is 20.0. The zero-order valence-corrected chi connectivity index (χ0v) is 41.4. The molecule has 0 radical (unpaired) electrons. The van der Waals surface area contributed by atoms with Gasteiger partial charge in [-0.05, 0) is 99.5 Å². The average Bonchev–Trinajstić information content (AvgIpc) is 4.22. The molecule has 0 saturated carbocycles. The number of nitrogens with one attached hydrogen (secondary N) is 5. The molecule has 2 heterocycles. The topological polar surface area (TPSA) is 201 Å². The van der Waals surface area contributed by atoms with Gasteiger partial charge in [0.05, 0.1) is 0 Å². The summed E-state index contributed by atoms with van der Waals surface area (Å²) in [7, 11) is 0. The number of carbonyl (C=O) groups is 6. The summed E-state index contributed by atoms with van der Waals surface area (Å²) in [5, 5.41) is 27.1. The van der Waals surface area contributed by atoms with Gasteiger partial charge in [-0.1, -0.05) is 116 Å². The molecule has 72 heavy (non-hydrogen) atoms. The number of ether oxygens (including phenoxy) is 2. The van der Waals surface area contributed by atoms with Gasteiger partial charge in [0.15, 0.2) is 0 Å². The lowest BCUT2D eigenvalue weighted by atomic mass is 9.98. The smallest absolute Gasteiger partial charge is 0.407 e. The third-order valence-electron chi connectivity index (χ3n) is 13.1. The van der Waals surface area contributed by atoms with E-state index >= 15 is 0 Å². The van der Waals surface area contributed by atoms with Crippen LogP contribution in [0.3, 0.4) is 0 Å². The number of fused-ring (bicyclic) bond motifs is 6. The fraction of sp³-hybridized carbons (Fsp3) is 0.321. The van der Waals surface area contributed by atoms with Crippen molar-refractivity contribution in [2.45, 2.75) is 87.7 Å². The lowest BCUT2D eigenvalue weighted by Crippen LogP contribution is -2.54. The quantitative estimate of drug-likeness (QED) is 0.0303. The minimum Gasteiger partial charge on any atom is -0.481 e.